The fraction of sp³-hybridized carbons (Fsp3) is 0.364. The Labute approximate surface area is 83.4 Å². The van der Waals surface area contributed by atoms with Crippen molar-refractivity contribution in [2.45, 2.75) is 12.5 Å². The molecule has 0 amide bonds. The number of nitrogens with zero attached hydrogens (tertiary/aromatic N) is 1. The topological polar surface area (TPSA) is 30.8 Å². The fourth-order valence-electron chi connectivity index (χ4n) is 1.66. The Hall–Kier alpha value is -1.51. The summed E-state index contributed by atoms with van der Waals surface area (Å²) in [5.74, 6) is 1.65. The zero-order chi connectivity index (χ0) is 9.97. The van der Waals surface area contributed by atoms with E-state index in [2.05, 4.69) is 11.7 Å². The maximum Gasteiger partial charge on any atom is 0.164 e. The third kappa shape index (κ3) is 1.45. The molecule has 3 nitrogen and oxygen atoms in total. The van der Waals surface area contributed by atoms with Gasteiger partial charge in [0.2, 0.25) is 0 Å². The summed E-state index contributed by atoms with van der Waals surface area (Å²) in [5.41, 5.74) is 1.15. The lowest BCUT2D eigenvalue weighted by molar-refractivity contribution is 0.250. The molecule has 3 heteroatoms. The van der Waals surface area contributed by atoms with E-state index in [0.29, 0.717) is 6.61 Å². The Kier molecular flexibility index (Phi) is 2.39. The van der Waals surface area contributed by atoms with Crippen LogP contribution in [0.2, 0.25) is 0 Å². The van der Waals surface area contributed by atoms with Crippen molar-refractivity contribution in [2.75, 3.05) is 13.7 Å². The third-order valence-corrected chi connectivity index (χ3v) is 2.41. The van der Waals surface area contributed by atoms with E-state index in [1.54, 1.807) is 7.11 Å². The van der Waals surface area contributed by atoms with Crippen molar-refractivity contribution in [2.24, 2.45) is 4.99 Å². The summed E-state index contributed by atoms with van der Waals surface area (Å²) in [6.45, 7) is 4.13. The zero-order valence-corrected chi connectivity index (χ0v) is 8.19. The first-order valence-electron chi connectivity index (χ1n) is 4.59. The molecule has 1 aromatic carbocycles. The Bertz CT molecular complexity index is 349. The highest BCUT2D eigenvalue weighted by atomic mass is 16.5. The smallest absolute Gasteiger partial charge is 0.164 e. The van der Waals surface area contributed by atoms with Gasteiger partial charge in [-0.1, -0.05) is 12.1 Å². The SMILES string of the molecule is C=NC1COc2c(cccc2OC)C1. The van der Waals surface area contributed by atoms with Crippen LogP contribution in [0.25, 0.3) is 0 Å². The summed E-state index contributed by atoms with van der Waals surface area (Å²) < 4.78 is 10.8. The van der Waals surface area contributed by atoms with Crippen LogP contribution in [0.5, 0.6) is 11.5 Å². The summed E-state index contributed by atoms with van der Waals surface area (Å²) in [6, 6.07) is 6.08. The highest BCUT2D eigenvalue weighted by Gasteiger charge is 2.20. The predicted octanol–water partition coefficient (Wildman–Crippen LogP) is 1.70. The van der Waals surface area contributed by atoms with Gasteiger partial charge in [-0.2, -0.15) is 0 Å². The van der Waals surface area contributed by atoms with Crippen LogP contribution in [0.15, 0.2) is 23.2 Å². The second kappa shape index (κ2) is 3.70. The van der Waals surface area contributed by atoms with E-state index in [9.17, 15) is 0 Å². The lowest BCUT2D eigenvalue weighted by Crippen LogP contribution is -2.24. The molecule has 0 saturated carbocycles. The highest BCUT2D eigenvalue weighted by Crippen LogP contribution is 2.34. The summed E-state index contributed by atoms with van der Waals surface area (Å²) in [5, 5.41) is 0. The number of hydrogen-bond acceptors (Lipinski definition) is 3. The first kappa shape index (κ1) is 9.06. The van der Waals surface area contributed by atoms with Gasteiger partial charge in [0.25, 0.3) is 0 Å². The number of rotatable bonds is 2. The maximum absolute atomic E-state index is 5.59. The van der Waals surface area contributed by atoms with Crippen molar-refractivity contribution in [3.8, 4) is 11.5 Å². The van der Waals surface area contributed by atoms with Crippen LogP contribution in [0, 0.1) is 0 Å². The second-order valence-electron chi connectivity index (χ2n) is 3.30. The fourth-order valence-corrected chi connectivity index (χ4v) is 1.66. The van der Waals surface area contributed by atoms with Crippen LogP contribution in [-0.2, 0) is 6.42 Å². The van der Waals surface area contributed by atoms with E-state index in [1.807, 2.05) is 18.2 Å². The average molecular weight is 191 g/mol. The lowest BCUT2D eigenvalue weighted by Gasteiger charge is -2.23. The van der Waals surface area contributed by atoms with Crippen molar-refractivity contribution in [3.63, 3.8) is 0 Å². The van der Waals surface area contributed by atoms with Crippen molar-refractivity contribution in [1.82, 2.24) is 0 Å². The number of benzene rings is 1. The molecule has 0 N–H and O–H groups in total. The van der Waals surface area contributed by atoms with Crippen LogP contribution in [0.1, 0.15) is 5.56 Å². The molecule has 1 aromatic rings. The first-order valence-corrected chi connectivity index (χ1v) is 4.59. The predicted molar refractivity (Wildman–Crippen MR) is 55.5 cm³/mol. The Balaban J connectivity index is 2.35. The molecule has 0 bridgehead atoms. The molecule has 0 saturated heterocycles. The van der Waals surface area contributed by atoms with Crippen molar-refractivity contribution < 1.29 is 9.47 Å². The van der Waals surface area contributed by atoms with Gasteiger partial charge in [-0.25, -0.2) is 0 Å². The molecule has 0 aliphatic carbocycles. The molecule has 2 rings (SSSR count). The van der Waals surface area contributed by atoms with Gasteiger partial charge in [0.1, 0.15) is 6.61 Å². The molecule has 0 aromatic heterocycles. The standard InChI is InChI=1S/C11H13NO2/c1-12-9-6-8-4-3-5-10(13-2)11(8)14-7-9/h3-5,9H,1,6-7H2,2H3. The van der Waals surface area contributed by atoms with Gasteiger partial charge in [0, 0.05) is 12.0 Å². The number of para-hydroxylation sites is 1. The van der Waals surface area contributed by atoms with E-state index in [0.717, 1.165) is 23.5 Å². The van der Waals surface area contributed by atoms with Gasteiger partial charge in [-0.05, 0) is 12.8 Å². The van der Waals surface area contributed by atoms with Gasteiger partial charge in [0.15, 0.2) is 11.5 Å². The Morgan fingerprint density at radius 2 is 2.43 bits per heavy atom. The highest BCUT2D eigenvalue weighted by molar-refractivity contribution is 5.48. The van der Waals surface area contributed by atoms with E-state index >= 15 is 0 Å². The van der Waals surface area contributed by atoms with Crippen LogP contribution < -0.4 is 9.47 Å². The molecule has 74 valence electrons. The third-order valence-electron chi connectivity index (χ3n) is 2.41. The van der Waals surface area contributed by atoms with E-state index in [1.165, 1.54) is 0 Å². The monoisotopic (exact) mass is 191 g/mol. The molecule has 1 aliphatic heterocycles. The number of hydrogen-bond donors (Lipinski definition) is 0. The van der Waals surface area contributed by atoms with Crippen LogP contribution in [0.4, 0.5) is 0 Å². The molecule has 0 radical (unpaired) electrons. The molecule has 1 atom stereocenters. The van der Waals surface area contributed by atoms with E-state index < -0.39 is 0 Å². The molecule has 0 spiro atoms. The normalized spacial score (nSPS) is 19.4. The van der Waals surface area contributed by atoms with Crippen molar-refractivity contribution in [1.29, 1.82) is 0 Å². The summed E-state index contributed by atoms with van der Waals surface area (Å²) in [6.07, 6.45) is 0.885. The minimum atomic E-state index is 0.176. The number of aliphatic imine (C=N–C) groups is 1. The quantitative estimate of drug-likeness (QED) is 0.666. The molecule has 1 heterocycles. The molecule has 0 fully saturated rings. The zero-order valence-electron chi connectivity index (χ0n) is 8.19. The van der Waals surface area contributed by atoms with Gasteiger partial charge < -0.3 is 9.47 Å². The Morgan fingerprint density at radius 1 is 1.57 bits per heavy atom. The summed E-state index contributed by atoms with van der Waals surface area (Å²) >= 11 is 0. The van der Waals surface area contributed by atoms with E-state index in [4.69, 9.17) is 9.47 Å². The van der Waals surface area contributed by atoms with E-state index in [-0.39, 0.29) is 6.04 Å². The van der Waals surface area contributed by atoms with Crippen LogP contribution >= 0.6 is 0 Å². The van der Waals surface area contributed by atoms with Gasteiger partial charge in [-0.3, -0.25) is 4.99 Å². The van der Waals surface area contributed by atoms with Crippen LogP contribution in [0.3, 0.4) is 0 Å². The van der Waals surface area contributed by atoms with Gasteiger partial charge >= 0.3 is 0 Å². The number of ether oxygens (including phenoxy) is 2. The minimum absolute atomic E-state index is 0.176. The largest absolute Gasteiger partial charge is 0.493 e. The number of methoxy groups -OCH3 is 1. The molecular formula is C11H13NO2. The first-order chi connectivity index (χ1) is 6.85. The maximum atomic E-state index is 5.59. The molecule has 1 unspecified atom stereocenters. The average Bonchev–Trinajstić information content (AvgIpc) is 2.27. The van der Waals surface area contributed by atoms with Gasteiger partial charge in [-0.15, -0.1) is 0 Å². The van der Waals surface area contributed by atoms with Crippen molar-refractivity contribution in [3.05, 3.63) is 23.8 Å². The lowest BCUT2D eigenvalue weighted by atomic mass is 10.0. The minimum Gasteiger partial charge on any atom is -0.493 e. The Morgan fingerprint density at radius 3 is 3.14 bits per heavy atom. The summed E-state index contributed by atoms with van der Waals surface area (Å²) in [7, 11) is 1.65. The van der Waals surface area contributed by atoms with Crippen molar-refractivity contribution >= 4 is 6.72 Å². The molecule has 14 heavy (non-hydrogen) atoms. The molecule has 1 aliphatic rings. The number of fused-ring (bicyclic) bond motifs is 1. The molecular weight excluding hydrogens is 178 g/mol. The van der Waals surface area contributed by atoms with Crippen LogP contribution in [-0.4, -0.2) is 26.5 Å². The van der Waals surface area contributed by atoms with Gasteiger partial charge in [0.05, 0.1) is 13.2 Å². The summed E-state index contributed by atoms with van der Waals surface area (Å²) in [4.78, 5) is 3.99. The second-order valence-corrected chi connectivity index (χ2v) is 3.30.